The molecule has 1 aromatic carbocycles. The molecule has 0 N–H and O–H groups in total. The number of benzene rings is 1. The van der Waals surface area contributed by atoms with Gasteiger partial charge < -0.3 is 14.4 Å². The second-order valence-electron chi connectivity index (χ2n) is 3.49. The van der Waals surface area contributed by atoms with Gasteiger partial charge in [0.25, 0.3) is 5.91 Å². The molecule has 0 heterocycles. The van der Waals surface area contributed by atoms with Crippen LogP contribution in [0.5, 0.6) is 11.5 Å². The van der Waals surface area contributed by atoms with E-state index < -0.39 is 0 Å². The van der Waals surface area contributed by atoms with Gasteiger partial charge in [0, 0.05) is 13.6 Å². The summed E-state index contributed by atoms with van der Waals surface area (Å²) in [5.74, 6) is 1.32. The molecule has 5 heteroatoms. The first-order chi connectivity index (χ1) is 8.08. The smallest absolute Gasteiger partial charge is 0.260 e. The third kappa shape index (κ3) is 3.93. The van der Waals surface area contributed by atoms with E-state index >= 15 is 0 Å². The first kappa shape index (κ1) is 13.8. The number of nitrogens with zero attached hydrogens (tertiary/aromatic N) is 1. The Balaban J connectivity index is 2.61. The molecule has 0 bridgehead atoms. The fraction of sp³-hybridized carbons (Fsp3) is 0.417. The fourth-order valence-corrected chi connectivity index (χ4v) is 1.62. The van der Waals surface area contributed by atoms with Crippen LogP contribution < -0.4 is 9.47 Å². The SMILES string of the molecule is CCN(C)C(=O)COc1ccc(OC)cc1Br. The van der Waals surface area contributed by atoms with Gasteiger partial charge in [0.05, 0.1) is 11.6 Å². The molecule has 4 nitrogen and oxygen atoms in total. The lowest BCUT2D eigenvalue weighted by molar-refractivity contribution is -0.131. The molecule has 0 saturated heterocycles. The van der Waals surface area contributed by atoms with Gasteiger partial charge in [-0.05, 0) is 41.1 Å². The Morgan fingerprint density at radius 1 is 1.47 bits per heavy atom. The standard InChI is InChI=1S/C12H16BrNO3/c1-4-14(2)12(15)8-17-11-6-5-9(16-3)7-10(11)13/h5-7H,4,8H2,1-3H3. The molecule has 0 aliphatic heterocycles. The Bertz CT molecular complexity index is 395. The average Bonchev–Trinajstić information content (AvgIpc) is 2.35. The van der Waals surface area contributed by atoms with E-state index in [0.29, 0.717) is 12.3 Å². The molecule has 0 unspecified atom stereocenters. The molecule has 94 valence electrons. The van der Waals surface area contributed by atoms with Crippen molar-refractivity contribution in [2.75, 3.05) is 27.3 Å². The molecule has 0 aliphatic carbocycles. The summed E-state index contributed by atoms with van der Waals surface area (Å²) < 4.78 is 11.3. The summed E-state index contributed by atoms with van der Waals surface area (Å²) in [5, 5.41) is 0. The number of hydrogen-bond donors (Lipinski definition) is 0. The van der Waals surface area contributed by atoms with Crippen LogP contribution in [-0.4, -0.2) is 38.1 Å². The molecule has 1 rings (SSSR count). The number of amides is 1. The Hall–Kier alpha value is -1.23. The molecule has 0 radical (unpaired) electrons. The van der Waals surface area contributed by atoms with Crippen molar-refractivity contribution < 1.29 is 14.3 Å². The Morgan fingerprint density at radius 3 is 2.71 bits per heavy atom. The van der Waals surface area contributed by atoms with Gasteiger partial charge in [-0.2, -0.15) is 0 Å². The van der Waals surface area contributed by atoms with Gasteiger partial charge in [-0.15, -0.1) is 0 Å². The molecule has 1 aromatic rings. The second-order valence-corrected chi connectivity index (χ2v) is 4.35. The van der Waals surface area contributed by atoms with Crippen molar-refractivity contribution in [2.24, 2.45) is 0 Å². The zero-order valence-electron chi connectivity index (χ0n) is 10.2. The third-order valence-corrected chi connectivity index (χ3v) is 3.01. The lowest BCUT2D eigenvalue weighted by Gasteiger charge is -2.15. The monoisotopic (exact) mass is 301 g/mol. The molecular weight excluding hydrogens is 286 g/mol. The van der Waals surface area contributed by atoms with Crippen molar-refractivity contribution in [3.05, 3.63) is 22.7 Å². The maximum Gasteiger partial charge on any atom is 0.260 e. The maximum absolute atomic E-state index is 11.5. The minimum atomic E-state index is -0.0461. The first-order valence-electron chi connectivity index (χ1n) is 5.28. The van der Waals surface area contributed by atoms with E-state index in [1.807, 2.05) is 6.92 Å². The van der Waals surface area contributed by atoms with Crippen molar-refractivity contribution in [2.45, 2.75) is 6.92 Å². The highest BCUT2D eigenvalue weighted by Crippen LogP contribution is 2.28. The number of likely N-dealkylation sites (N-methyl/N-ethyl adjacent to an activating group) is 1. The molecule has 17 heavy (non-hydrogen) atoms. The number of rotatable bonds is 5. The normalized spacial score (nSPS) is 9.88. The Kier molecular flexibility index (Phi) is 5.28. The number of methoxy groups -OCH3 is 1. The van der Waals surface area contributed by atoms with Crippen molar-refractivity contribution in [3.63, 3.8) is 0 Å². The first-order valence-corrected chi connectivity index (χ1v) is 6.08. The summed E-state index contributed by atoms with van der Waals surface area (Å²) in [7, 11) is 3.34. The van der Waals surface area contributed by atoms with Crippen LogP contribution in [0, 0.1) is 0 Å². The number of hydrogen-bond acceptors (Lipinski definition) is 3. The second kappa shape index (κ2) is 6.49. The Labute approximate surface area is 110 Å². The van der Waals surface area contributed by atoms with Gasteiger partial charge in [-0.3, -0.25) is 4.79 Å². The van der Waals surface area contributed by atoms with E-state index in [2.05, 4.69) is 15.9 Å². The molecule has 0 fully saturated rings. The highest BCUT2D eigenvalue weighted by Gasteiger charge is 2.09. The summed E-state index contributed by atoms with van der Waals surface area (Å²) in [6.07, 6.45) is 0. The Morgan fingerprint density at radius 2 is 2.18 bits per heavy atom. The van der Waals surface area contributed by atoms with E-state index in [1.54, 1.807) is 37.3 Å². The van der Waals surface area contributed by atoms with Crippen molar-refractivity contribution in [1.29, 1.82) is 0 Å². The summed E-state index contributed by atoms with van der Waals surface area (Å²) in [6.45, 7) is 2.63. The van der Waals surface area contributed by atoms with Crippen LogP contribution in [0.15, 0.2) is 22.7 Å². The van der Waals surface area contributed by atoms with E-state index in [-0.39, 0.29) is 12.5 Å². The van der Waals surface area contributed by atoms with Crippen LogP contribution >= 0.6 is 15.9 Å². The van der Waals surface area contributed by atoms with E-state index in [9.17, 15) is 4.79 Å². The molecule has 0 aromatic heterocycles. The summed E-state index contributed by atoms with van der Waals surface area (Å²) >= 11 is 3.36. The highest BCUT2D eigenvalue weighted by atomic mass is 79.9. The molecular formula is C12H16BrNO3. The van der Waals surface area contributed by atoms with Gasteiger partial charge in [0.1, 0.15) is 11.5 Å². The van der Waals surface area contributed by atoms with Crippen LogP contribution in [0.3, 0.4) is 0 Å². The molecule has 0 spiro atoms. The molecule has 1 amide bonds. The van der Waals surface area contributed by atoms with Gasteiger partial charge in [0.2, 0.25) is 0 Å². The summed E-state index contributed by atoms with van der Waals surface area (Å²) in [6, 6.07) is 5.35. The number of ether oxygens (including phenoxy) is 2. The third-order valence-electron chi connectivity index (χ3n) is 2.39. The molecule has 0 aliphatic rings. The minimum Gasteiger partial charge on any atom is -0.497 e. The van der Waals surface area contributed by atoms with Crippen LogP contribution in [0.4, 0.5) is 0 Å². The van der Waals surface area contributed by atoms with Gasteiger partial charge >= 0.3 is 0 Å². The van der Waals surface area contributed by atoms with Crippen LogP contribution in [0.1, 0.15) is 6.92 Å². The lowest BCUT2D eigenvalue weighted by Crippen LogP contribution is -2.31. The number of halogens is 1. The van der Waals surface area contributed by atoms with Crippen molar-refractivity contribution in [1.82, 2.24) is 4.90 Å². The lowest BCUT2D eigenvalue weighted by atomic mass is 10.3. The predicted molar refractivity (Wildman–Crippen MR) is 69.5 cm³/mol. The zero-order valence-corrected chi connectivity index (χ0v) is 11.8. The average molecular weight is 302 g/mol. The predicted octanol–water partition coefficient (Wildman–Crippen LogP) is 2.31. The van der Waals surface area contributed by atoms with Gasteiger partial charge in [-0.1, -0.05) is 0 Å². The minimum absolute atomic E-state index is 0.0370. The number of carbonyl (C=O) groups excluding carboxylic acids is 1. The van der Waals surface area contributed by atoms with E-state index in [1.165, 1.54) is 0 Å². The van der Waals surface area contributed by atoms with Gasteiger partial charge in [-0.25, -0.2) is 0 Å². The quantitative estimate of drug-likeness (QED) is 0.838. The maximum atomic E-state index is 11.5. The van der Waals surface area contributed by atoms with Gasteiger partial charge in [0.15, 0.2) is 6.61 Å². The van der Waals surface area contributed by atoms with E-state index in [4.69, 9.17) is 9.47 Å². The molecule has 0 atom stereocenters. The van der Waals surface area contributed by atoms with Crippen LogP contribution in [-0.2, 0) is 4.79 Å². The van der Waals surface area contributed by atoms with Crippen LogP contribution in [0.25, 0.3) is 0 Å². The zero-order chi connectivity index (χ0) is 12.8. The van der Waals surface area contributed by atoms with E-state index in [0.717, 1.165) is 10.2 Å². The highest BCUT2D eigenvalue weighted by molar-refractivity contribution is 9.10. The van der Waals surface area contributed by atoms with Crippen molar-refractivity contribution >= 4 is 21.8 Å². The van der Waals surface area contributed by atoms with Crippen LogP contribution in [0.2, 0.25) is 0 Å². The summed E-state index contributed by atoms with van der Waals surface area (Å²) in [5.41, 5.74) is 0. The largest absolute Gasteiger partial charge is 0.497 e. The fourth-order valence-electron chi connectivity index (χ4n) is 1.15. The van der Waals surface area contributed by atoms with Crippen molar-refractivity contribution in [3.8, 4) is 11.5 Å². The molecule has 0 saturated carbocycles. The number of carbonyl (C=O) groups is 1. The topological polar surface area (TPSA) is 38.8 Å². The summed E-state index contributed by atoms with van der Waals surface area (Å²) in [4.78, 5) is 13.2.